The Morgan fingerprint density at radius 2 is 1.86 bits per heavy atom. The second-order valence-electron chi connectivity index (χ2n) is 5.86. The summed E-state index contributed by atoms with van der Waals surface area (Å²) in [5.41, 5.74) is 3.62. The fourth-order valence-electron chi connectivity index (χ4n) is 3.22. The Balaban J connectivity index is 1.52. The lowest BCUT2D eigenvalue weighted by molar-refractivity contribution is 0.158. The molecule has 3 heterocycles. The van der Waals surface area contributed by atoms with Crippen molar-refractivity contribution in [2.75, 3.05) is 6.54 Å². The summed E-state index contributed by atoms with van der Waals surface area (Å²) in [4.78, 5) is 2.49. The highest BCUT2D eigenvalue weighted by atomic mass is 15.3. The molecule has 1 atom stereocenters. The molecule has 0 fully saturated rings. The first-order chi connectivity index (χ1) is 10.8. The number of hydrogen-bond acceptors (Lipinski definition) is 2. The number of rotatable bonds is 3. The van der Waals surface area contributed by atoms with Gasteiger partial charge in [0.05, 0.1) is 11.4 Å². The van der Waals surface area contributed by atoms with Crippen LogP contribution in [0.5, 0.6) is 0 Å². The molecule has 4 heteroatoms. The maximum absolute atomic E-state index is 4.72. The van der Waals surface area contributed by atoms with E-state index in [1.807, 2.05) is 29.1 Å². The van der Waals surface area contributed by atoms with Crippen molar-refractivity contribution in [2.45, 2.75) is 26.1 Å². The van der Waals surface area contributed by atoms with Gasteiger partial charge in [-0.3, -0.25) is 4.90 Å². The molecule has 3 aromatic rings. The van der Waals surface area contributed by atoms with Gasteiger partial charge in [-0.2, -0.15) is 5.10 Å². The van der Waals surface area contributed by atoms with Crippen molar-refractivity contribution < 1.29 is 0 Å². The fraction of sp³-hybridized carbons (Fsp3) is 0.278. The van der Waals surface area contributed by atoms with Crippen molar-refractivity contribution in [1.29, 1.82) is 0 Å². The third-order valence-electron chi connectivity index (χ3n) is 4.50. The Morgan fingerprint density at radius 1 is 1.00 bits per heavy atom. The first kappa shape index (κ1) is 13.3. The third kappa shape index (κ3) is 2.35. The van der Waals surface area contributed by atoms with Crippen LogP contribution in [-0.2, 0) is 13.1 Å². The molecule has 0 saturated heterocycles. The van der Waals surface area contributed by atoms with E-state index < -0.39 is 0 Å². The predicted molar refractivity (Wildman–Crippen MR) is 86.8 cm³/mol. The van der Waals surface area contributed by atoms with Crippen LogP contribution in [0.15, 0.2) is 60.9 Å². The van der Waals surface area contributed by atoms with E-state index in [0.29, 0.717) is 6.04 Å². The van der Waals surface area contributed by atoms with E-state index in [0.717, 1.165) is 31.0 Å². The molecule has 0 saturated carbocycles. The average molecular weight is 292 g/mol. The Labute approximate surface area is 130 Å². The van der Waals surface area contributed by atoms with E-state index in [1.54, 1.807) is 0 Å². The molecule has 1 aliphatic rings. The molecule has 112 valence electrons. The molecule has 2 aromatic heterocycles. The van der Waals surface area contributed by atoms with E-state index >= 15 is 0 Å². The molecule has 0 N–H and O–H groups in total. The van der Waals surface area contributed by atoms with Crippen molar-refractivity contribution in [3.8, 4) is 5.69 Å². The molecule has 4 nitrogen and oxygen atoms in total. The van der Waals surface area contributed by atoms with Gasteiger partial charge in [-0.15, -0.1) is 0 Å². The highest BCUT2D eigenvalue weighted by molar-refractivity contribution is 5.30. The first-order valence-corrected chi connectivity index (χ1v) is 7.80. The van der Waals surface area contributed by atoms with Gasteiger partial charge >= 0.3 is 0 Å². The summed E-state index contributed by atoms with van der Waals surface area (Å²) in [7, 11) is 0. The summed E-state index contributed by atoms with van der Waals surface area (Å²) in [5.74, 6) is 0. The standard InChI is InChI=1S/C18H20N4/c1-15-18-8-5-10-20(18)12-13-21(15)14-16-9-11-22(19-16)17-6-3-2-4-7-17/h2-11,15H,12-14H2,1H3/t15-/m0/s1. The van der Waals surface area contributed by atoms with Gasteiger partial charge in [-0.25, -0.2) is 4.68 Å². The molecule has 0 spiro atoms. The van der Waals surface area contributed by atoms with Gasteiger partial charge in [-0.05, 0) is 37.3 Å². The first-order valence-electron chi connectivity index (χ1n) is 7.80. The summed E-state index contributed by atoms with van der Waals surface area (Å²) in [6, 6.07) is 17.2. The normalized spacial score (nSPS) is 18.3. The number of para-hydroxylation sites is 1. The summed E-state index contributed by atoms with van der Waals surface area (Å²) in [6.07, 6.45) is 4.22. The van der Waals surface area contributed by atoms with E-state index in [1.165, 1.54) is 5.69 Å². The van der Waals surface area contributed by atoms with Crippen LogP contribution in [0, 0.1) is 0 Å². The van der Waals surface area contributed by atoms with Crippen LogP contribution in [-0.4, -0.2) is 25.8 Å². The van der Waals surface area contributed by atoms with Crippen molar-refractivity contribution in [1.82, 2.24) is 19.2 Å². The number of aromatic nitrogens is 3. The molecular weight excluding hydrogens is 272 g/mol. The van der Waals surface area contributed by atoms with Gasteiger partial charge in [0.25, 0.3) is 0 Å². The Bertz CT molecular complexity index is 756. The lowest BCUT2D eigenvalue weighted by atomic mass is 10.1. The lowest BCUT2D eigenvalue weighted by Gasteiger charge is -2.34. The van der Waals surface area contributed by atoms with E-state index in [2.05, 4.69) is 52.9 Å². The van der Waals surface area contributed by atoms with Crippen LogP contribution in [0.25, 0.3) is 5.69 Å². The number of fused-ring (bicyclic) bond motifs is 1. The number of nitrogens with zero attached hydrogens (tertiary/aromatic N) is 4. The Hall–Kier alpha value is -2.33. The molecule has 1 aromatic carbocycles. The van der Waals surface area contributed by atoms with E-state index in [4.69, 9.17) is 5.10 Å². The predicted octanol–water partition coefficient (Wildman–Crippen LogP) is 3.25. The smallest absolute Gasteiger partial charge is 0.0769 e. The van der Waals surface area contributed by atoms with Gasteiger partial charge in [-0.1, -0.05) is 18.2 Å². The maximum atomic E-state index is 4.72. The quantitative estimate of drug-likeness (QED) is 0.740. The molecular formula is C18H20N4. The van der Waals surface area contributed by atoms with Gasteiger partial charge < -0.3 is 4.57 Å². The number of hydrogen-bond donors (Lipinski definition) is 0. The Kier molecular flexibility index (Phi) is 3.31. The molecule has 0 radical (unpaired) electrons. The van der Waals surface area contributed by atoms with Crippen LogP contribution in [0.1, 0.15) is 24.4 Å². The highest BCUT2D eigenvalue weighted by Crippen LogP contribution is 2.26. The molecule has 0 bridgehead atoms. The largest absolute Gasteiger partial charge is 0.349 e. The zero-order chi connectivity index (χ0) is 14.9. The SMILES string of the molecule is C[C@H]1c2cccn2CCN1Cc1ccn(-c2ccccc2)n1. The minimum atomic E-state index is 0.436. The summed E-state index contributed by atoms with van der Waals surface area (Å²) < 4.78 is 4.30. The minimum Gasteiger partial charge on any atom is -0.349 e. The van der Waals surface area contributed by atoms with E-state index in [-0.39, 0.29) is 0 Å². The van der Waals surface area contributed by atoms with E-state index in [9.17, 15) is 0 Å². The van der Waals surface area contributed by atoms with Crippen molar-refractivity contribution in [3.63, 3.8) is 0 Å². The molecule has 1 aliphatic heterocycles. The molecule has 0 amide bonds. The average Bonchev–Trinajstić information content (AvgIpc) is 3.20. The van der Waals surface area contributed by atoms with Gasteiger partial charge in [0.1, 0.15) is 0 Å². The summed E-state index contributed by atoms with van der Waals surface area (Å²) in [5, 5.41) is 4.72. The minimum absolute atomic E-state index is 0.436. The summed E-state index contributed by atoms with van der Waals surface area (Å²) >= 11 is 0. The fourth-order valence-corrected chi connectivity index (χ4v) is 3.22. The van der Waals surface area contributed by atoms with Gasteiger partial charge in [0, 0.05) is 43.8 Å². The second-order valence-corrected chi connectivity index (χ2v) is 5.86. The number of benzene rings is 1. The van der Waals surface area contributed by atoms with Crippen molar-refractivity contribution in [2.24, 2.45) is 0 Å². The molecule has 22 heavy (non-hydrogen) atoms. The van der Waals surface area contributed by atoms with Crippen LogP contribution >= 0.6 is 0 Å². The van der Waals surface area contributed by atoms with Gasteiger partial charge in [0.15, 0.2) is 0 Å². The summed E-state index contributed by atoms with van der Waals surface area (Å²) in [6.45, 7) is 5.30. The third-order valence-corrected chi connectivity index (χ3v) is 4.50. The van der Waals surface area contributed by atoms with Crippen LogP contribution in [0.3, 0.4) is 0 Å². The monoisotopic (exact) mass is 292 g/mol. The molecule has 4 rings (SSSR count). The molecule has 0 aliphatic carbocycles. The maximum Gasteiger partial charge on any atom is 0.0769 e. The zero-order valence-corrected chi connectivity index (χ0v) is 12.8. The van der Waals surface area contributed by atoms with Crippen LogP contribution in [0.2, 0.25) is 0 Å². The van der Waals surface area contributed by atoms with Gasteiger partial charge in [0.2, 0.25) is 0 Å². The van der Waals surface area contributed by atoms with Crippen LogP contribution in [0.4, 0.5) is 0 Å². The lowest BCUT2D eigenvalue weighted by Crippen LogP contribution is -2.36. The van der Waals surface area contributed by atoms with Crippen molar-refractivity contribution in [3.05, 3.63) is 72.3 Å². The topological polar surface area (TPSA) is 26.0 Å². The van der Waals surface area contributed by atoms with Crippen LogP contribution < -0.4 is 0 Å². The highest BCUT2D eigenvalue weighted by Gasteiger charge is 2.23. The second kappa shape index (κ2) is 5.46. The zero-order valence-electron chi connectivity index (χ0n) is 12.8. The molecule has 0 unspecified atom stereocenters. The van der Waals surface area contributed by atoms with Crippen molar-refractivity contribution >= 4 is 0 Å². The Morgan fingerprint density at radius 3 is 2.73 bits per heavy atom.